The Hall–Kier alpha value is -3.88. The van der Waals surface area contributed by atoms with Crippen molar-refractivity contribution >= 4 is 17.9 Å². The number of likely N-dealkylation sites (tertiary alicyclic amines) is 1. The predicted molar refractivity (Wildman–Crippen MR) is 170 cm³/mol. The van der Waals surface area contributed by atoms with Crippen LogP contribution in [0.5, 0.6) is 0 Å². The number of nitrogens with one attached hydrogen (secondary N) is 2. The lowest BCUT2D eigenvalue weighted by atomic mass is 9.90. The van der Waals surface area contributed by atoms with Crippen LogP contribution in [0.15, 0.2) is 84.9 Å². The zero-order valence-corrected chi connectivity index (χ0v) is 25.1. The van der Waals surface area contributed by atoms with Gasteiger partial charge in [-0.15, -0.1) is 0 Å². The molecule has 2 aliphatic heterocycles. The van der Waals surface area contributed by atoms with Crippen molar-refractivity contribution in [3.8, 4) is 0 Å². The van der Waals surface area contributed by atoms with Gasteiger partial charge in [0.05, 0.1) is 6.04 Å². The van der Waals surface area contributed by atoms with Crippen LogP contribution in [0.25, 0.3) is 6.08 Å². The molecule has 2 unspecified atom stereocenters. The average Bonchev–Trinajstić information content (AvgIpc) is 3.20. The molecule has 5 rings (SSSR count). The lowest BCUT2D eigenvalue weighted by Gasteiger charge is -2.31. The Kier molecular flexibility index (Phi) is 11.3. The second-order valence-corrected chi connectivity index (χ2v) is 11.8. The maximum atomic E-state index is 14.1. The van der Waals surface area contributed by atoms with Crippen molar-refractivity contribution in [3.63, 3.8) is 0 Å². The lowest BCUT2D eigenvalue weighted by Crippen LogP contribution is -2.50. The van der Waals surface area contributed by atoms with Crippen molar-refractivity contribution in [2.24, 2.45) is 0 Å². The molecular formula is C36H42F2N4O2. The topological polar surface area (TPSA) is 64.7 Å². The van der Waals surface area contributed by atoms with Gasteiger partial charge < -0.3 is 20.4 Å². The van der Waals surface area contributed by atoms with Crippen LogP contribution in [0, 0.1) is 11.6 Å². The number of carbonyl (C=O) groups excluding carboxylic acids is 2. The Morgan fingerprint density at radius 1 is 0.932 bits per heavy atom. The Bertz CT molecular complexity index is 1360. The number of carbonyl (C=O) groups is 2. The van der Waals surface area contributed by atoms with Crippen molar-refractivity contribution < 1.29 is 18.4 Å². The number of piperidine rings is 1. The van der Waals surface area contributed by atoms with Crippen molar-refractivity contribution in [1.82, 2.24) is 20.4 Å². The van der Waals surface area contributed by atoms with Crippen molar-refractivity contribution in [3.05, 3.63) is 113 Å². The van der Waals surface area contributed by atoms with Gasteiger partial charge in [-0.2, -0.15) is 0 Å². The maximum Gasteiger partial charge on any atom is 0.244 e. The third kappa shape index (κ3) is 8.83. The van der Waals surface area contributed by atoms with Crippen molar-refractivity contribution in [2.45, 2.75) is 50.1 Å². The van der Waals surface area contributed by atoms with E-state index >= 15 is 0 Å². The van der Waals surface area contributed by atoms with Crippen LogP contribution in [0.2, 0.25) is 0 Å². The molecule has 2 amide bonds. The summed E-state index contributed by atoms with van der Waals surface area (Å²) in [6.07, 6.45) is 7.61. The molecule has 0 radical (unpaired) electrons. The fourth-order valence-electron chi connectivity index (χ4n) is 6.20. The number of hydrogen-bond donors (Lipinski definition) is 2. The molecule has 0 saturated carbocycles. The molecule has 2 N–H and O–H groups in total. The van der Waals surface area contributed by atoms with E-state index in [1.807, 2.05) is 41.3 Å². The van der Waals surface area contributed by atoms with Crippen LogP contribution >= 0.6 is 0 Å². The summed E-state index contributed by atoms with van der Waals surface area (Å²) in [7, 11) is 0. The summed E-state index contributed by atoms with van der Waals surface area (Å²) in [5.74, 6) is -1.63. The molecule has 2 atom stereocenters. The smallest absolute Gasteiger partial charge is 0.244 e. The number of amides is 2. The molecule has 8 heteroatoms. The van der Waals surface area contributed by atoms with Gasteiger partial charge in [0.15, 0.2) is 0 Å². The van der Waals surface area contributed by atoms with E-state index in [1.165, 1.54) is 48.6 Å². The van der Waals surface area contributed by atoms with E-state index in [0.717, 1.165) is 31.8 Å². The van der Waals surface area contributed by atoms with Gasteiger partial charge in [-0.25, -0.2) is 8.78 Å². The SMILES string of the molecule is O=C(C=Cc1ccc(F)cc1F)NCC1CCN(CC(c2ccccc2)c2ccccc2)C(=O)C(CCN2CCCCC2)N1. The van der Waals surface area contributed by atoms with Gasteiger partial charge in [-0.1, -0.05) is 67.1 Å². The average molecular weight is 601 g/mol. The second kappa shape index (κ2) is 15.7. The number of benzene rings is 3. The third-order valence-electron chi connectivity index (χ3n) is 8.68. The minimum atomic E-state index is -0.723. The molecule has 2 aliphatic rings. The number of hydrogen-bond acceptors (Lipinski definition) is 4. The maximum absolute atomic E-state index is 14.1. The normalized spacial score (nSPS) is 19.8. The Morgan fingerprint density at radius 2 is 1.61 bits per heavy atom. The van der Waals surface area contributed by atoms with E-state index in [2.05, 4.69) is 39.8 Å². The fraction of sp³-hybridized carbons (Fsp3) is 0.389. The summed E-state index contributed by atoms with van der Waals surface area (Å²) in [5.41, 5.74) is 2.48. The van der Waals surface area contributed by atoms with Gasteiger partial charge in [0.1, 0.15) is 11.6 Å². The first-order chi connectivity index (χ1) is 21.5. The van der Waals surface area contributed by atoms with E-state index in [1.54, 1.807) is 0 Å². The highest BCUT2D eigenvalue weighted by Gasteiger charge is 2.33. The van der Waals surface area contributed by atoms with E-state index in [0.29, 0.717) is 32.5 Å². The van der Waals surface area contributed by atoms with Crippen LogP contribution in [-0.4, -0.2) is 73.0 Å². The van der Waals surface area contributed by atoms with E-state index in [-0.39, 0.29) is 35.4 Å². The number of halogens is 2. The number of rotatable bonds is 11. The van der Waals surface area contributed by atoms with Crippen LogP contribution in [0.4, 0.5) is 8.78 Å². The summed E-state index contributed by atoms with van der Waals surface area (Å²) in [6.45, 7) is 4.45. The zero-order valence-electron chi connectivity index (χ0n) is 25.1. The molecule has 0 spiro atoms. The minimum absolute atomic E-state index is 0.0392. The standard InChI is InChI=1S/C36H42F2N4O2/c37-30-16-14-29(33(38)24-30)15-17-35(43)39-25-31-18-23-42(36(44)34(40-31)19-22-41-20-8-3-9-21-41)26-32(27-10-4-1-5-11-27)28-12-6-2-7-13-28/h1-2,4-7,10-17,24,31-32,34,40H,3,8-9,18-23,25-26H2,(H,39,43). The van der Waals surface area contributed by atoms with E-state index in [4.69, 9.17) is 0 Å². The Labute approximate surface area is 259 Å². The number of nitrogens with zero attached hydrogens (tertiary/aromatic N) is 2. The highest BCUT2D eigenvalue weighted by atomic mass is 19.1. The van der Waals surface area contributed by atoms with Gasteiger partial charge in [0.25, 0.3) is 0 Å². The molecule has 232 valence electrons. The van der Waals surface area contributed by atoms with Crippen LogP contribution in [0.3, 0.4) is 0 Å². The predicted octanol–water partition coefficient (Wildman–Crippen LogP) is 5.36. The zero-order chi connectivity index (χ0) is 30.7. The molecule has 0 aromatic heterocycles. The van der Waals surface area contributed by atoms with Crippen LogP contribution < -0.4 is 10.6 Å². The van der Waals surface area contributed by atoms with E-state index in [9.17, 15) is 18.4 Å². The van der Waals surface area contributed by atoms with Gasteiger partial charge in [0, 0.05) is 55.8 Å². The molecule has 0 aliphatic carbocycles. The van der Waals surface area contributed by atoms with Crippen molar-refractivity contribution in [1.29, 1.82) is 0 Å². The largest absolute Gasteiger partial charge is 0.351 e. The summed E-state index contributed by atoms with van der Waals surface area (Å²) < 4.78 is 27.2. The first-order valence-corrected chi connectivity index (χ1v) is 15.7. The van der Waals surface area contributed by atoms with E-state index < -0.39 is 11.6 Å². The molecule has 3 aromatic carbocycles. The Balaban J connectivity index is 1.28. The fourth-order valence-corrected chi connectivity index (χ4v) is 6.20. The highest BCUT2D eigenvalue weighted by molar-refractivity contribution is 5.91. The molecule has 44 heavy (non-hydrogen) atoms. The summed E-state index contributed by atoms with van der Waals surface area (Å²) >= 11 is 0. The van der Waals surface area contributed by atoms with Gasteiger partial charge in [-0.05, 0) is 68.1 Å². The first kappa shape index (κ1) is 31.5. The molecule has 3 aromatic rings. The third-order valence-corrected chi connectivity index (χ3v) is 8.68. The minimum Gasteiger partial charge on any atom is -0.351 e. The Morgan fingerprint density at radius 3 is 2.27 bits per heavy atom. The highest BCUT2D eigenvalue weighted by Crippen LogP contribution is 2.27. The van der Waals surface area contributed by atoms with Crippen LogP contribution in [-0.2, 0) is 9.59 Å². The monoisotopic (exact) mass is 600 g/mol. The molecule has 2 saturated heterocycles. The molecule has 6 nitrogen and oxygen atoms in total. The molecular weight excluding hydrogens is 558 g/mol. The summed E-state index contributed by atoms with van der Waals surface area (Å²) in [6, 6.07) is 23.4. The first-order valence-electron chi connectivity index (χ1n) is 15.7. The van der Waals surface area contributed by atoms with Crippen molar-refractivity contribution in [2.75, 3.05) is 39.3 Å². The lowest BCUT2D eigenvalue weighted by molar-refractivity contribution is -0.133. The quantitative estimate of drug-likeness (QED) is 0.291. The molecule has 0 bridgehead atoms. The van der Waals surface area contributed by atoms with Gasteiger partial charge in [-0.3, -0.25) is 9.59 Å². The second-order valence-electron chi connectivity index (χ2n) is 11.8. The summed E-state index contributed by atoms with van der Waals surface area (Å²) in [4.78, 5) is 31.2. The van der Waals surface area contributed by atoms with Gasteiger partial charge >= 0.3 is 0 Å². The summed E-state index contributed by atoms with van der Waals surface area (Å²) in [5, 5.41) is 6.48. The van der Waals surface area contributed by atoms with Gasteiger partial charge in [0.2, 0.25) is 11.8 Å². The molecule has 2 heterocycles. The molecule has 2 fully saturated rings. The van der Waals surface area contributed by atoms with Crippen LogP contribution in [0.1, 0.15) is 54.7 Å².